The van der Waals surface area contributed by atoms with E-state index in [0.29, 0.717) is 6.42 Å². The Labute approximate surface area is 85.2 Å². The van der Waals surface area contributed by atoms with Crippen LogP contribution in [0.3, 0.4) is 0 Å². The lowest BCUT2D eigenvalue weighted by atomic mass is 10.3. The standard InChI is InChI=1S/C10H19NO3/c1-4-11(5-2)8-6-7-10(13)14-9(3)12/h4-8H2,1-3H3. The Kier molecular flexibility index (Phi) is 7.02. The number of ether oxygens (including phenoxy) is 1. The fourth-order valence-corrected chi connectivity index (χ4v) is 1.20. The van der Waals surface area contributed by atoms with Crippen LogP contribution >= 0.6 is 0 Å². The highest BCUT2D eigenvalue weighted by molar-refractivity contribution is 5.83. The van der Waals surface area contributed by atoms with Crippen molar-refractivity contribution in [3.63, 3.8) is 0 Å². The zero-order valence-corrected chi connectivity index (χ0v) is 9.21. The SMILES string of the molecule is CCN(CC)CCCC(=O)OC(C)=O. The van der Waals surface area contributed by atoms with E-state index in [1.807, 2.05) is 0 Å². The third-order valence-corrected chi connectivity index (χ3v) is 2.01. The zero-order valence-electron chi connectivity index (χ0n) is 9.21. The van der Waals surface area contributed by atoms with E-state index in [0.717, 1.165) is 26.1 Å². The minimum atomic E-state index is -0.530. The number of hydrogen-bond acceptors (Lipinski definition) is 4. The van der Waals surface area contributed by atoms with Gasteiger partial charge in [0.1, 0.15) is 0 Å². The topological polar surface area (TPSA) is 46.6 Å². The summed E-state index contributed by atoms with van der Waals surface area (Å²) in [6, 6.07) is 0. The lowest BCUT2D eigenvalue weighted by molar-refractivity contribution is -0.158. The largest absolute Gasteiger partial charge is 0.393 e. The van der Waals surface area contributed by atoms with Gasteiger partial charge in [0.15, 0.2) is 0 Å². The normalized spacial score (nSPS) is 10.3. The van der Waals surface area contributed by atoms with E-state index < -0.39 is 11.9 Å². The van der Waals surface area contributed by atoms with Crippen LogP contribution in [0.5, 0.6) is 0 Å². The van der Waals surface area contributed by atoms with Crippen LogP contribution < -0.4 is 0 Å². The van der Waals surface area contributed by atoms with E-state index in [9.17, 15) is 9.59 Å². The molecule has 0 aromatic rings. The van der Waals surface area contributed by atoms with E-state index in [1.165, 1.54) is 6.92 Å². The smallest absolute Gasteiger partial charge is 0.313 e. The van der Waals surface area contributed by atoms with Gasteiger partial charge in [-0.05, 0) is 26.1 Å². The van der Waals surface area contributed by atoms with Gasteiger partial charge in [-0.1, -0.05) is 13.8 Å². The fourth-order valence-electron chi connectivity index (χ4n) is 1.20. The summed E-state index contributed by atoms with van der Waals surface area (Å²) < 4.78 is 4.40. The average Bonchev–Trinajstić information content (AvgIpc) is 2.11. The minimum absolute atomic E-state index is 0.316. The summed E-state index contributed by atoms with van der Waals surface area (Å²) in [4.78, 5) is 23.6. The van der Waals surface area contributed by atoms with Crippen LogP contribution in [0, 0.1) is 0 Å². The molecule has 0 rings (SSSR count). The molecule has 0 aliphatic carbocycles. The minimum Gasteiger partial charge on any atom is -0.393 e. The molecule has 0 saturated heterocycles. The van der Waals surface area contributed by atoms with Gasteiger partial charge in [0, 0.05) is 13.3 Å². The summed E-state index contributed by atoms with van der Waals surface area (Å²) in [5, 5.41) is 0. The third kappa shape index (κ3) is 6.60. The van der Waals surface area contributed by atoms with Crippen LogP contribution in [-0.2, 0) is 14.3 Å². The molecule has 0 aromatic heterocycles. The Morgan fingerprint density at radius 3 is 2.21 bits per heavy atom. The van der Waals surface area contributed by atoms with Crippen LogP contribution in [-0.4, -0.2) is 36.5 Å². The number of hydrogen-bond donors (Lipinski definition) is 0. The van der Waals surface area contributed by atoms with E-state index in [4.69, 9.17) is 0 Å². The number of rotatable bonds is 6. The van der Waals surface area contributed by atoms with E-state index in [2.05, 4.69) is 23.5 Å². The van der Waals surface area contributed by atoms with Gasteiger partial charge in [0.2, 0.25) is 0 Å². The van der Waals surface area contributed by atoms with Gasteiger partial charge >= 0.3 is 11.9 Å². The molecule has 0 atom stereocenters. The van der Waals surface area contributed by atoms with Gasteiger partial charge in [0.25, 0.3) is 0 Å². The molecule has 0 unspecified atom stereocenters. The first-order valence-corrected chi connectivity index (χ1v) is 5.03. The van der Waals surface area contributed by atoms with Crippen molar-refractivity contribution < 1.29 is 14.3 Å². The van der Waals surface area contributed by atoms with Gasteiger partial charge < -0.3 is 9.64 Å². The van der Waals surface area contributed by atoms with Crippen LogP contribution in [0.4, 0.5) is 0 Å². The summed E-state index contributed by atoms with van der Waals surface area (Å²) in [6.07, 6.45) is 1.06. The van der Waals surface area contributed by atoms with Gasteiger partial charge in [-0.2, -0.15) is 0 Å². The molecule has 0 amide bonds. The lowest BCUT2D eigenvalue weighted by Crippen LogP contribution is -2.24. The van der Waals surface area contributed by atoms with Crippen molar-refractivity contribution in [2.45, 2.75) is 33.6 Å². The number of carbonyl (C=O) groups is 2. The Morgan fingerprint density at radius 1 is 1.21 bits per heavy atom. The molecule has 0 bridgehead atoms. The molecule has 0 heterocycles. The van der Waals surface area contributed by atoms with Gasteiger partial charge in [0.05, 0.1) is 0 Å². The summed E-state index contributed by atoms with van der Waals surface area (Å²) >= 11 is 0. The number of esters is 2. The van der Waals surface area contributed by atoms with E-state index in [1.54, 1.807) is 0 Å². The molecule has 0 saturated carbocycles. The maximum atomic E-state index is 11.0. The Morgan fingerprint density at radius 2 is 1.79 bits per heavy atom. The van der Waals surface area contributed by atoms with Gasteiger partial charge in [-0.3, -0.25) is 9.59 Å². The van der Waals surface area contributed by atoms with Crippen LogP contribution in [0.1, 0.15) is 33.6 Å². The molecule has 0 aliphatic heterocycles. The molecule has 0 spiro atoms. The maximum Gasteiger partial charge on any atom is 0.313 e. The first-order valence-electron chi connectivity index (χ1n) is 5.03. The van der Waals surface area contributed by atoms with Crippen molar-refractivity contribution >= 4 is 11.9 Å². The van der Waals surface area contributed by atoms with Crippen LogP contribution in [0.25, 0.3) is 0 Å². The van der Waals surface area contributed by atoms with E-state index in [-0.39, 0.29) is 0 Å². The molecule has 4 nitrogen and oxygen atoms in total. The number of nitrogens with zero attached hydrogens (tertiary/aromatic N) is 1. The molecule has 0 aliphatic rings. The highest BCUT2D eigenvalue weighted by Crippen LogP contribution is 1.97. The molecule has 0 radical (unpaired) electrons. The Hall–Kier alpha value is -0.900. The van der Waals surface area contributed by atoms with Crippen molar-refractivity contribution in [2.24, 2.45) is 0 Å². The second-order valence-corrected chi connectivity index (χ2v) is 3.10. The van der Waals surface area contributed by atoms with Crippen molar-refractivity contribution in [2.75, 3.05) is 19.6 Å². The molecular weight excluding hydrogens is 182 g/mol. The third-order valence-electron chi connectivity index (χ3n) is 2.01. The molecule has 0 aromatic carbocycles. The van der Waals surface area contributed by atoms with Crippen molar-refractivity contribution in [1.29, 1.82) is 0 Å². The van der Waals surface area contributed by atoms with Crippen LogP contribution in [0.15, 0.2) is 0 Å². The highest BCUT2D eigenvalue weighted by atomic mass is 16.6. The summed E-state index contributed by atoms with van der Waals surface area (Å²) in [5.74, 6) is -0.956. The molecule has 4 heteroatoms. The Bertz CT molecular complexity index is 188. The molecule has 14 heavy (non-hydrogen) atoms. The van der Waals surface area contributed by atoms with Gasteiger partial charge in [-0.25, -0.2) is 0 Å². The Balaban J connectivity index is 3.52. The molecular formula is C10H19NO3. The van der Waals surface area contributed by atoms with Crippen LogP contribution in [0.2, 0.25) is 0 Å². The average molecular weight is 201 g/mol. The second kappa shape index (κ2) is 7.50. The predicted octanol–water partition coefficient (Wildman–Crippen LogP) is 1.20. The summed E-state index contributed by atoms with van der Waals surface area (Å²) in [7, 11) is 0. The van der Waals surface area contributed by atoms with E-state index >= 15 is 0 Å². The maximum absolute atomic E-state index is 11.0. The summed E-state index contributed by atoms with van der Waals surface area (Å²) in [6.45, 7) is 8.24. The van der Waals surface area contributed by atoms with Crippen molar-refractivity contribution in [1.82, 2.24) is 4.90 Å². The first kappa shape index (κ1) is 13.1. The molecule has 0 N–H and O–H groups in total. The van der Waals surface area contributed by atoms with Crippen molar-refractivity contribution in [3.05, 3.63) is 0 Å². The van der Waals surface area contributed by atoms with Gasteiger partial charge in [-0.15, -0.1) is 0 Å². The molecule has 82 valence electrons. The lowest BCUT2D eigenvalue weighted by Gasteiger charge is -2.16. The van der Waals surface area contributed by atoms with Crippen molar-refractivity contribution in [3.8, 4) is 0 Å². The first-order chi connectivity index (χ1) is 6.60. The fraction of sp³-hybridized carbons (Fsp3) is 0.800. The quantitative estimate of drug-likeness (QED) is 0.478. The zero-order chi connectivity index (χ0) is 11.0. The predicted molar refractivity (Wildman–Crippen MR) is 53.8 cm³/mol. The summed E-state index contributed by atoms with van der Waals surface area (Å²) in [5.41, 5.74) is 0. The monoisotopic (exact) mass is 201 g/mol. The number of carbonyl (C=O) groups excluding carboxylic acids is 2. The second-order valence-electron chi connectivity index (χ2n) is 3.10. The highest BCUT2D eigenvalue weighted by Gasteiger charge is 2.06. The molecule has 0 fully saturated rings.